The van der Waals surface area contributed by atoms with Gasteiger partial charge in [-0.3, -0.25) is 14.9 Å². The highest BCUT2D eigenvalue weighted by molar-refractivity contribution is 6.30. The molecule has 45 heavy (non-hydrogen) atoms. The SMILES string of the molecule is COC(=O)Nc1ccc2c(c1)NC(=O)[C@H](C)CCC[C@H](NC(=O)c1cnn(-c3cccc(Cl)c3F)c1C)c1cc(OC)nc-2c1. The van der Waals surface area contributed by atoms with Gasteiger partial charge in [0.05, 0.1) is 54.1 Å². The summed E-state index contributed by atoms with van der Waals surface area (Å²) >= 11 is 5.97. The number of hydrogen-bond acceptors (Lipinski definition) is 7. The third kappa shape index (κ3) is 6.75. The van der Waals surface area contributed by atoms with Gasteiger partial charge < -0.3 is 20.1 Å². The summed E-state index contributed by atoms with van der Waals surface area (Å²) in [6, 6.07) is 12.7. The van der Waals surface area contributed by atoms with Gasteiger partial charge >= 0.3 is 6.09 Å². The van der Waals surface area contributed by atoms with Gasteiger partial charge in [-0.2, -0.15) is 5.10 Å². The topological polar surface area (TPSA) is 136 Å². The van der Waals surface area contributed by atoms with Crippen LogP contribution in [0.5, 0.6) is 5.88 Å². The summed E-state index contributed by atoms with van der Waals surface area (Å²) in [6.45, 7) is 3.51. The van der Waals surface area contributed by atoms with Crippen LogP contribution < -0.4 is 20.7 Å². The fourth-order valence-corrected chi connectivity index (χ4v) is 5.36. The zero-order valence-corrected chi connectivity index (χ0v) is 25.9. The van der Waals surface area contributed by atoms with Crippen LogP contribution in [0.25, 0.3) is 16.9 Å². The molecule has 0 fully saturated rings. The van der Waals surface area contributed by atoms with Crippen molar-refractivity contribution in [1.82, 2.24) is 20.1 Å². The number of benzene rings is 2. The van der Waals surface area contributed by atoms with Gasteiger partial charge in [-0.25, -0.2) is 18.9 Å². The fraction of sp³-hybridized carbons (Fsp3) is 0.281. The van der Waals surface area contributed by atoms with E-state index in [0.29, 0.717) is 53.5 Å². The summed E-state index contributed by atoms with van der Waals surface area (Å²) < 4.78 is 26.3. The van der Waals surface area contributed by atoms with Crippen molar-refractivity contribution in [2.24, 2.45) is 5.92 Å². The molecule has 234 valence electrons. The molecule has 3 N–H and O–H groups in total. The zero-order valence-electron chi connectivity index (χ0n) is 25.1. The number of hydrogen-bond donors (Lipinski definition) is 3. The maximum absolute atomic E-state index is 14.8. The molecule has 2 atom stereocenters. The molecule has 13 heteroatoms. The van der Waals surface area contributed by atoms with E-state index in [9.17, 15) is 18.8 Å². The monoisotopic (exact) mass is 634 g/mol. The maximum atomic E-state index is 14.8. The van der Waals surface area contributed by atoms with E-state index < -0.39 is 23.9 Å². The lowest BCUT2D eigenvalue weighted by molar-refractivity contribution is -0.119. The molecule has 11 nitrogen and oxygen atoms in total. The van der Waals surface area contributed by atoms with Gasteiger partial charge in [-0.05, 0) is 61.7 Å². The Morgan fingerprint density at radius 2 is 1.93 bits per heavy atom. The highest BCUT2D eigenvalue weighted by Gasteiger charge is 2.25. The molecule has 1 aliphatic rings. The number of fused-ring (bicyclic) bond motifs is 4. The highest BCUT2D eigenvalue weighted by atomic mass is 35.5. The number of methoxy groups -OCH3 is 2. The van der Waals surface area contributed by atoms with E-state index in [2.05, 4.69) is 26.0 Å². The van der Waals surface area contributed by atoms with Gasteiger partial charge in [-0.1, -0.05) is 31.0 Å². The number of amides is 3. The first kappa shape index (κ1) is 31.5. The lowest BCUT2D eigenvalue weighted by atomic mass is 9.94. The van der Waals surface area contributed by atoms with E-state index in [4.69, 9.17) is 21.1 Å². The number of carbonyl (C=O) groups excluding carboxylic acids is 3. The van der Waals surface area contributed by atoms with Crippen molar-refractivity contribution in [2.45, 2.75) is 39.2 Å². The highest BCUT2D eigenvalue weighted by Crippen LogP contribution is 2.35. The van der Waals surface area contributed by atoms with Crippen molar-refractivity contribution in [1.29, 1.82) is 0 Å². The molecule has 0 unspecified atom stereocenters. The Bertz CT molecular complexity index is 1780. The molecule has 0 saturated heterocycles. The average Bonchev–Trinajstić information content (AvgIpc) is 3.41. The molecule has 0 radical (unpaired) electrons. The van der Waals surface area contributed by atoms with Crippen molar-refractivity contribution >= 4 is 40.9 Å². The predicted molar refractivity (Wildman–Crippen MR) is 167 cm³/mol. The third-order valence-corrected chi connectivity index (χ3v) is 8.01. The number of nitrogens with zero attached hydrogens (tertiary/aromatic N) is 3. The summed E-state index contributed by atoms with van der Waals surface area (Å²) in [4.78, 5) is 43.3. The van der Waals surface area contributed by atoms with Crippen LogP contribution >= 0.6 is 11.6 Å². The summed E-state index contributed by atoms with van der Waals surface area (Å²) in [5.74, 6) is -1.28. The molecule has 0 aliphatic carbocycles. The summed E-state index contributed by atoms with van der Waals surface area (Å²) in [7, 11) is 2.75. The van der Waals surface area contributed by atoms with Crippen LogP contribution in [0.15, 0.2) is 54.7 Å². The minimum Gasteiger partial charge on any atom is -0.481 e. The predicted octanol–water partition coefficient (Wildman–Crippen LogP) is 6.45. The number of rotatable bonds is 5. The van der Waals surface area contributed by atoms with Crippen molar-refractivity contribution < 1.29 is 28.2 Å². The van der Waals surface area contributed by atoms with E-state index >= 15 is 0 Å². The standard InChI is InChI=1S/C32H32ClFN6O5/c1-17-7-5-9-24(38-31(42)22-16-35-40(18(22)2)27-10-6-8-23(33)29(27)34)19-13-25(37-28(14-19)44-3)21-12-11-20(36-32(43)45-4)15-26(21)39-30(17)41/h6,8,10-17,24H,5,7,9H2,1-4H3,(H,36,43)(H,38,42)(H,39,41)/t17-,24+/m1/s1. The van der Waals surface area contributed by atoms with E-state index in [1.807, 2.05) is 13.0 Å². The number of ether oxygens (including phenoxy) is 2. The molecule has 3 amide bonds. The molecule has 1 aliphatic heterocycles. The molecule has 2 bridgehead atoms. The lowest BCUT2D eigenvalue weighted by Crippen LogP contribution is -2.29. The molecule has 0 saturated carbocycles. The van der Waals surface area contributed by atoms with Crippen molar-refractivity contribution in [3.63, 3.8) is 0 Å². The average molecular weight is 635 g/mol. The van der Waals surface area contributed by atoms with Crippen molar-refractivity contribution in [2.75, 3.05) is 24.9 Å². The Morgan fingerprint density at radius 1 is 1.13 bits per heavy atom. The number of nitrogens with one attached hydrogen (secondary N) is 3. The number of anilines is 2. The van der Waals surface area contributed by atoms with Crippen LogP contribution in [0.1, 0.15) is 53.8 Å². The van der Waals surface area contributed by atoms with Crippen LogP contribution in [0.3, 0.4) is 0 Å². The Labute approximate surface area is 264 Å². The van der Waals surface area contributed by atoms with Gasteiger partial charge in [0, 0.05) is 23.2 Å². The number of aromatic nitrogens is 3. The van der Waals surface area contributed by atoms with Crippen LogP contribution in [-0.2, 0) is 9.53 Å². The third-order valence-electron chi connectivity index (χ3n) is 7.72. The number of halogens is 2. The van der Waals surface area contributed by atoms with Gasteiger partial charge in [-0.15, -0.1) is 0 Å². The van der Waals surface area contributed by atoms with Gasteiger partial charge in [0.25, 0.3) is 5.91 Å². The number of pyridine rings is 1. The largest absolute Gasteiger partial charge is 0.481 e. The molecule has 5 rings (SSSR count). The van der Waals surface area contributed by atoms with Crippen LogP contribution in [0.2, 0.25) is 5.02 Å². The second-order valence-corrected chi connectivity index (χ2v) is 11.1. The Kier molecular flexibility index (Phi) is 9.33. The molecule has 2 aromatic heterocycles. The molecule has 0 spiro atoms. The Balaban J connectivity index is 1.53. The van der Waals surface area contributed by atoms with E-state index in [0.717, 1.165) is 5.56 Å². The first-order valence-electron chi connectivity index (χ1n) is 14.3. The van der Waals surface area contributed by atoms with Crippen LogP contribution in [0.4, 0.5) is 20.6 Å². The minimum absolute atomic E-state index is 0.0514. The van der Waals surface area contributed by atoms with Gasteiger partial charge in [0.15, 0.2) is 5.82 Å². The van der Waals surface area contributed by atoms with Crippen LogP contribution in [0, 0.1) is 18.7 Å². The first-order valence-corrected chi connectivity index (χ1v) is 14.6. The smallest absolute Gasteiger partial charge is 0.411 e. The van der Waals surface area contributed by atoms with Gasteiger partial charge in [0.1, 0.15) is 5.69 Å². The van der Waals surface area contributed by atoms with E-state index in [1.54, 1.807) is 37.3 Å². The minimum atomic E-state index is -0.651. The summed E-state index contributed by atoms with van der Waals surface area (Å²) in [6.07, 6.45) is 2.42. The summed E-state index contributed by atoms with van der Waals surface area (Å²) in [5, 5.41) is 12.9. The normalized spacial score (nSPS) is 16.4. The Hall–Kier alpha value is -4.97. The molecular weight excluding hydrogens is 603 g/mol. The summed E-state index contributed by atoms with van der Waals surface area (Å²) in [5.41, 5.74) is 3.49. The Morgan fingerprint density at radius 3 is 2.69 bits per heavy atom. The van der Waals surface area contributed by atoms with Crippen LogP contribution in [-0.4, -0.2) is 46.9 Å². The molecule has 2 aromatic carbocycles. The van der Waals surface area contributed by atoms with E-state index in [1.165, 1.54) is 37.2 Å². The van der Waals surface area contributed by atoms with Gasteiger partial charge in [0.2, 0.25) is 11.8 Å². The van der Waals surface area contributed by atoms with Crippen molar-refractivity contribution in [3.05, 3.63) is 82.4 Å². The maximum Gasteiger partial charge on any atom is 0.411 e. The molecular formula is C32H32ClFN6O5. The fourth-order valence-electron chi connectivity index (χ4n) is 5.19. The second kappa shape index (κ2) is 13.3. The first-order chi connectivity index (χ1) is 21.6. The lowest BCUT2D eigenvalue weighted by Gasteiger charge is -2.23. The van der Waals surface area contributed by atoms with Crippen molar-refractivity contribution in [3.8, 4) is 22.8 Å². The molecule has 3 heterocycles. The zero-order chi connectivity index (χ0) is 32.2. The second-order valence-electron chi connectivity index (χ2n) is 10.7. The molecule has 4 aromatic rings. The quantitative estimate of drug-likeness (QED) is 0.229. The van der Waals surface area contributed by atoms with E-state index in [-0.39, 0.29) is 28.1 Å². The number of carbonyl (C=O) groups is 3.